The van der Waals surface area contributed by atoms with Crippen molar-refractivity contribution in [2.45, 2.75) is 9.79 Å². The van der Waals surface area contributed by atoms with Crippen molar-refractivity contribution in [3.63, 3.8) is 0 Å². The minimum absolute atomic E-state index is 0.125. The molecule has 1 heterocycles. The highest BCUT2D eigenvalue weighted by atomic mass is 32.2. The average molecular weight is 511 g/mol. The molecule has 4 aromatic rings. The van der Waals surface area contributed by atoms with Gasteiger partial charge >= 0.3 is 0 Å². The number of rotatable bonds is 4. The Labute approximate surface area is 199 Å². The number of carbonyl (C=O) groups excluding carboxylic acids is 1. The van der Waals surface area contributed by atoms with Gasteiger partial charge in [0.05, 0.1) is 32.2 Å². The summed E-state index contributed by atoms with van der Waals surface area (Å²) < 4.78 is 71.0. The summed E-state index contributed by atoms with van der Waals surface area (Å²) in [6.07, 6.45) is 0. The fourth-order valence-electron chi connectivity index (χ4n) is 4.27. The van der Waals surface area contributed by atoms with E-state index in [1.165, 1.54) is 16.7 Å². The predicted molar refractivity (Wildman–Crippen MR) is 124 cm³/mol. The molecule has 178 valence electrons. The lowest BCUT2D eigenvalue weighted by Gasteiger charge is -2.24. The number of hydrogen-bond donors (Lipinski definition) is 1. The number of hydrogen-bond acceptors (Lipinski definition) is 9. The average Bonchev–Trinajstić information content (AvgIpc) is 2.79. The van der Waals surface area contributed by atoms with Crippen LogP contribution >= 0.6 is 0 Å². The number of fused-ring (bicyclic) bond motifs is 2. The highest BCUT2D eigenvalue weighted by Crippen LogP contribution is 2.42. The van der Waals surface area contributed by atoms with Gasteiger partial charge in [-0.05, 0) is 41.5 Å². The van der Waals surface area contributed by atoms with Crippen molar-refractivity contribution in [2.24, 2.45) is 7.05 Å². The van der Waals surface area contributed by atoms with E-state index in [-0.39, 0.29) is 22.5 Å². The summed E-state index contributed by atoms with van der Waals surface area (Å²) >= 11 is 0. The van der Waals surface area contributed by atoms with Gasteiger partial charge in [-0.3, -0.25) is 9.59 Å². The van der Waals surface area contributed by atoms with Crippen LogP contribution in [0.5, 0.6) is 0 Å². The van der Waals surface area contributed by atoms with Crippen LogP contribution in [-0.2, 0) is 27.3 Å². The first-order chi connectivity index (χ1) is 16.4. The molecule has 10 nitrogen and oxygen atoms in total. The number of aromatic nitrogens is 1. The minimum Gasteiger partial charge on any atom is -0.744 e. The van der Waals surface area contributed by atoms with Crippen LogP contribution in [0, 0.1) is 0 Å². The Bertz CT molecular complexity index is 1870. The number of nitrogens with one attached hydrogen (secondary N) is 1. The maximum absolute atomic E-state index is 13.5. The molecule has 35 heavy (non-hydrogen) atoms. The molecule has 1 aliphatic carbocycles. The Kier molecular flexibility index (Phi) is 4.97. The first-order valence-corrected chi connectivity index (χ1v) is 12.8. The van der Waals surface area contributed by atoms with E-state index in [9.17, 15) is 35.5 Å². The van der Waals surface area contributed by atoms with E-state index in [1.807, 2.05) is 0 Å². The van der Waals surface area contributed by atoms with Crippen molar-refractivity contribution in [2.75, 3.05) is 5.32 Å². The van der Waals surface area contributed by atoms with Crippen LogP contribution in [0.4, 0.5) is 11.4 Å². The van der Waals surface area contributed by atoms with Crippen molar-refractivity contribution < 1.29 is 30.7 Å². The highest BCUT2D eigenvalue weighted by Gasteiger charge is 2.29. The molecular weight excluding hydrogens is 496 g/mol. The molecule has 0 spiro atoms. The molecule has 1 aliphatic rings. The SMILES string of the molecule is Cn1c(=O)cc2c3c(c(Nc4ccc(S(=O)(=O)[O-])cc4S(=O)(=O)[O-])ccc31)C(=O)c1ccccc1-2. The Hall–Kier alpha value is -3.84. The van der Waals surface area contributed by atoms with Crippen LogP contribution in [0.25, 0.3) is 22.0 Å². The largest absolute Gasteiger partial charge is 0.744 e. The van der Waals surface area contributed by atoms with Gasteiger partial charge in [-0.25, -0.2) is 16.8 Å². The third-order valence-corrected chi connectivity index (χ3v) is 7.59. The second-order valence-electron chi connectivity index (χ2n) is 7.90. The van der Waals surface area contributed by atoms with Crippen molar-refractivity contribution in [1.82, 2.24) is 4.57 Å². The predicted octanol–water partition coefficient (Wildman–Crippen LogP) is 2.30. The van der Waals surface area contributed by atoms with Gasteiger partial charge in [0, 0.05) is 24.1 Å². The van der Waals surface area contributed by atoms with E-state index in [0.717, 1.165) is 12.1 Å². The number of pyridine rings is 1. The number of carbonyl (C=O) groups is 1. The van der Waals surface area contributed by atoms with E-state index in [0.29, 0.717) is 33.7 Å². The zero-order valence-corrected chi connectivity index (χ0v) is 19.4. The summed E-state index contributed by atoms with van der Waals surface area (Å²) in [6.45, 7) is 0. The van der Waals surface area contributed by atoms with Crippen LogP contribution in [0.3, 0.4) is 0 Å². The highest BCUT2D eigenvalue weighted by molar-refractivity contribution is 7.86. The lowest BCUT2D eigenvalue weighted by atomic mass is 9.83. The molecule has 0 aliphatic heterocycles. The molecule has 0 atom stereocenters. The fourth-order valence-corrected chi connectivity index (χ4v) is 5.50. The standard InChI is InChI=1S/C23H16N2O8S2/c1-25-18-9-8-17(24-16-7-6-12(34(28,29)30)10-19(16)35(31,32)33)22-21(18)15(11-20(25)26)13-4-2-3-5-14(13)23(22)27/h2-11,24H,1H3,(H,28,29,30)(H,31,32,33)/p-2. The second-order valence-corrected chi connectivity index (χ2v) is 10.6. The molecule has 0 saturated carbocycles. The van der Waals surface area contributed by atoms with Crippen molar-refractivity contribution in [1.29, 1.82) is 0 Å². The normalized spacial score (nSPS) is 13.1. The Morgan fingerprint density at radius 2 is 1.43 bits per heavy atom. The molecule has 1 aromatic heterocycles. The summed E-state index contributed by atoms with van der Waals surface area (Å²) in [4.78, 5) is 24.3. The number of ketones is 1. The van der Waals surface area contributed by atoms with Crippen molar-refractivity contribution in [3.05, 3.63) is 82.1 Å². The summed E-state index contributed by atoms with van der Waals surface area (Å²) in [5.41, 5.74) is 1.52. The van der Waals surface area contributed by atoms with Gasteiger partial charge in [-0.1, -0.05) is 24.3 Å². The van der Waals surface area contributed by atoms with Crippen molar-refractivity contribution in [3.8, 4) is 11.1 Å². The number of nitrogens with zero attached hydrogens (tertiary/aromatic N) is 1. The quantitative estimate of drug-likeness (QED) is 0.357. The Morgan fingerprint density at radius 3 is 2.09 bits per heavy atom. The number of anilines is 2. The fraction of sp³-hybridized carbons (Fsp3) is 0.0435. The Morgan fingerprint density at radius 1 is 0.771 bits per heavy atom. The maximum Gasteiger partial charge on any atom is 0.251 e. The molecular formula is C23H14N2O8S2-2. The van der Waals surface area contributed by atoms with E-state index >= 15 is 0 Å². The Balaban J connectivity index is 1.81. The molecule has 0 radical (unpaired) electrons. The second kappa shape index (κ2) is 7.58. The molecule has 5 rings (SSSR count). The van der Waals surface area contributed by atoms with Crippen LogP contribution in [0.15, 0.2) is 75.2 Å². The van der Waals surface area contributed by atoms with Gasteiger partial charge in [0.25, 0.3) is 5.56 Å². The summed E-state index contributed by atoms with van der Waals surface area (Å²) in [6, 6.07) is 13.4. The number of aryl methyl sites for hydroxylation is 1. The third-order valence-electron chi connectivity index (χ3n) is 5.88. The maximum atomic E-state index is 13.5. The van der Waals surface area contributed by atoms with Gasteiger partial charge < -0.3 is 19.0 Å². The van der Waals surface area contributed by atoms with Gasteiger partial charge in [-0.2, -0.15) is 0 Å². The molecule has 0 amide bonds. The molecule has 1 N–H and O–H groups in total. The molecule has 0 unspecified atom stereocenters. The van der Waals surface area contributed by atoms with E-state index in [2.05, 4.69) is 5.32 Å². The van der Waals surface area contributed by atoms with Crippen molar-refractivity contribution >= 4 is 48.3 Å². The molecule has 0 fully saturated rings. The first kappa shape index (κ1) is 22.9. The van der Waals surface area contributed by atoms with E-state index in [4.69, 9.17) is 0 Å². The van der Waals surface area contributed by atoms with E-state index < -0.39 is 35.8 Å². The molecule has 3 aromatic carbocycles. The monoisotopic (exact) mass is 510 g/mol. The zero-order valence-electron chi connectivity index (χ0n) is 17.8. The zero-order chi connectivity index (χ0) is 25.3. The summed E-state index contributed by atoms with van der Waals surface area (Å²) in [7, 11) is -8.70. The van der Waals surface area contributed by atoms with Crippen LogP contribution in [0.1, 0.15) is 15.9 Å². The lowest BCUT2D eigenvalue weighted by Crippen LogP contribution is -2.21. The van der Waals surface area contributed by atoms with Gasteiger partial charge in [0.1, 0.15) is 20.2 Å². The molecule has 0 saturated heterocycles. The first-order valence-electron chi connectivity index (χ1n) is 10.0. The van der Waals surface area contributed by atoms with Gasteiger partial charge in [-0.15, -0.1) is 0 Å². The third kappa shape index (κ3) is 3.63. The minimum atomic E-state index is -5.21. The van der Waals surface area contributed by atoms with Crippen LogP contribution in [0.2, 0.25) is 0 Å². The lowest BCUT2D eigenvalue weighted by molar-refractivity contribution is 0.104. The van der Waals surface area contributed by atoms with Gasteiger partial charge in [0.2, 0.25) is 0 Å². The van der Waals surface area contributed by atoms with Crippen LogP contribution in [-0.4, -0.2) is 36.3 Å². The molecule has 12 heteroatoms. The van der Waals surface area contributed by atoms with E-state index in [1.54, 1.807) is 37.4 Å². The van der Waals surface area contributed by atoms with Gasteiger partial charge in [0.15, 0.2) is 5.78 Å². The summed E-state index contributed by atoms with van der Waals surface area (Å²) in [5, 5.41) is 3.19. The summed E-state index contributed by atoms with van der Waals surface area (Å²) in [5.74, 6) is -0.398. The molecule has 0 bridgehead atoms. The van der Waals surface area contributed by atoms with Crippen LogP contribution < -0.4 is 10.9 Å². The number of benzene rings is 3. The topological polar surface area (TPSA) is 166 Å². The smallest absolute Gasteiger partial charge is 0.251 e.